The van der Waals surface area contributed by atoms with Gasteiger partial charge in [-0.1, -0.05) is 61.0 Å². The van der Waals surface area contributed by atoms with Gasteiger partial charge in [-0.2, -0.15) is 0 Å². The van der Waals surface area contributed by atoms with Gasteiger partial charge in [0, 0.05) is 10.1 Å². The number of thioether (sulfide) groups is 1. The lowest BCUT2D eigenvalue weighted by Crippen LogP contribution is -2.36. The van der Waals surface area contributed by atoms with E-state index in [1.54, 1.807) is 54.0 Å². The van der Waals surface area contributed by atoms with Crippen LogP contribution in [0.4, 0.5) is 0 Å². The van der Waals surface area contributed by atoms with E-state index in [0.717, 1.165) is 24.2 Å². The van der Waals surface area contributed by atoms with Gasteiger partial charge in [0.05, 0.1) is 16.6 Å². The Morgan fingerprint density at radius 3 is 2.23 bits per heavy atom. The maximum absolute atomic E-state index is 12.9. The van der Waals surface area contributed by atoms with E-state index in [2.05, 4.69) is 12.1 Å². The second-order valence-corrected chi connectivity index (χ2v) is 11.8. The van der Waals surface area contributed by atoms with Gasteiger partial charge in [-0.25, -0.2) is 13.9 Å². The molecule has 6 nitrogen and oxygen atoms in total. The van der Waals surface area contributed by atoms with Crippen LogP contribution in [0.2, 0.25) is 0 Å². The number of aryl methyl sites for hydroxylation is 1. The van der Waals surface area contributed by atoms with Crippen molar-refractivity contribution in [2.75, 3.05) is 5.75 Å². The molecule has 0 aliphatic heterocycles. The third-order valence-electron chi connectivity index (χ3n) is 5.85. The van der Waals surface area contributed by atoms with Crippen LogP contribution >= 0.6 is 11.8 Å². The SMILES string of the molecule is O=C(NO)C(CCS(=O)(=O)c1ccccc1)C(CCCCc1ccccc1)Sc1cccc(O)c1. The van der Waals surface area contributed by atoms with Gasteiger partial charge < -0.3 is 5.11 Å². The first kappa shape index (κ1) is 26.8. The first-order chi connectivity index (χ1) is 16.9. The number of nitrogens with one attached hydrogen (secondary N) is 1. The molecule has 0 fully saturated rings. The van der Waals surface area contributed by atoms with Crippen LogP contribution in [0.5, 0.6) is 5.75 Å². The number of hydroxylamine groups is 1. The Balaban J connectivity index is 1.74. The summed E-state index contributed by atoms with van der Waals surface area (Å²) in [5, 5.41) is 19.0. The molecule has 2 unspecified atom stereocenters. The van der Waals surface area contributed by atoms with E-state index in [9.17, 15) is 23.5 Å². The highest BCUT2D eigenvalue weighted by Crippen LogP contribution is 2.35. The summed E-state index contributed by atoms with van der Waals surface area (Å²) in [5.41, 5.74) is 2.98. The van der Waals surface area contributed by atoms with Crippen molar-refractivity contribution in [3.8, 4) is 5.75 Å². The maximum Gasteiger partial charge on any atom is 0.247 e. The van der Waals surface area contributed by atoms with Crippen molar-refractivity contribution in [2.45, 2.75) is 47.1 Å². The molecule has 3 aromatic carbocycles. The van der Waals surface area contributed by atoms with E-state index in [-0.39, 0.29) is 28.1 Å². The number of carbonyl (C=O) groups excluding carboxylic acids is 1. The van der Waals surface area contributed by atoms with E-state index in [1.165, 1.54) is 17.3 Å². The van der Waals surface area contributed by atoms with E-state index < -0.39 is 21.7 Å². The van der Waals surface area contributed by atoms with Crippen molar-refractivity contribution in [3.63, 3.8) is 0 Å². The summed E-state index contributed by atoms with van der Waals surface area (Å²) in [6.07, 6.45) is 3.36. The summed E-state index contributed by atoms with van der Waals surface area (Å²) in [4.78, 5) is 13.7. The fourth-order valence-electron chi connectivity index (χ4n) is 3.99. The minimum Gasteiger partial charge on any atom is -0.508 e. The van der Waals surface area contributed by atoms with Crippen LogP contribution in [0.25, 0.3) is 0 Å². The second-order valence-electron chi connectivity index (χ2n) is 8.39. The normalized spacial score (nSPS) is 13.2. The molecule has 0 aliphatic carbocycles. The number of carbonyl (C=O) groups is 1. The molecule has 0 aliphatic rings. The summed E-state index contributed by atoms with van der Waals surface area (Å²) in [7, 11) is -3.58. The van der Waals surface area contributed by atoms with E-state index in [1.807, 2.05) is 24.3 Å². The Kier molecular flexibility index (Phi) is 10.2. The standard InChI is InChI=1S/C27H31NO5S2/c29-22-13-9-14-23(20-22)34-26(17-8-7-12-21-10-3-1-4-11-21)25(27(30)28-31)18-19-35(32,33)24-15-5-2-6-16-24/h1-6,9-11,13-16,20,25-26,29,31H,7-8,12,17-19H2,(H,28,30). The summed E-state index contributed by atoms with van der Waals surface area (Å²) in [6.45, 7) is 0. The lowest BCUT2D eigenvalue weighted by atomic mass is 9.96. The molecule has 0 radical (unpaired) electrons. The summed E-state index contributed by atoms with van der Waals surface area (Å²) < 4.78 is 25.7. The molecule has 35 heavy (non-hydrogen) atoms. The molecule has 1 amide bonds. The first-order valence-electron chi connectivity index (χ1n) is 11.6. The minimum atomic E-state index is -3.58. The number of aromatic hydroxyl groups is 1. The van der Waals surface area contributed by atoms with Crippen molar-refractivity contribution >= 4 is 27.5 Å². The first-order valence-corrected chi connectivity index (χ1v) is 14.1. The van der Waals surface area contributed by atoms with Gasteiger partial charge in [0.2, 0.25) is 5.91 Å². The highest BCUT2D eigenvalue weighted by atomic mass is 32.2. The topological polar surface area (TPSA) is 104 Å². The number of benzene rings is 3. The van der Waals surface area contributed by atoms with Crippen LogP contribution in [0, 0.1) is 5.92 Å². The number of amides is 1. The number of hydrogen-bond acceptors (Lipinski definition) is 6. The molecule has 3 N–H and O–H groups in total. The Morgan fingerprint density at radius 1 is 0.886 bits per heavy atom. The molecule has 0 bridgehead atoms. The molecule has 0 heterocycles. The van der Waals surface area contributed by atoms with Gasteiger partial charge in [0.15, 0.2) is 9.84 Å². The molecule has 3 aromatic rings. The molecule has 0 aromatic heterocycles. The molecule has 186 valence electrons. The summed E-state index contributed by atoms with van der Waals surface area (Å²) in [6, 6.07) is 25.1. The molecular weight excluding hydrogens is 482 g/mol. The predicted octanol–water partition coefficient (Wildman–Crippen LogP) is 5.25. The zero-order chi connectivity index (χ0) is 25.1. The number of unbranched alkanes of at least 4 members (excludes halogenated alkanes) is 1. The van der Waals surface area contributed by atoms with Crippen molar-refractivity contribution in [1.29, 1.82) is 0 Å². The zero-order valence-corrected chi connectivity index (χ0v) is 21.0. The van der Waals surface area contributed by atoms with Gasteiger partial charge in [0.1, 0.15) is 5.75 Å². The monoisotopic (exact) mass is 513 g/mol. The number of phenols is 1. The lowest BCUT2D eigenvalue weighted by Gasteiger charge is -2.25. The maximum atomic E-state index is 12.9. The van der Waals surface area contributed by atoms with Crippen molar-refractivity contribution in [3.05, 3.63) is 90.5 Å². The Morgan fingerprint density at radius 2 is 1.57 bits per heavy atom. The number of rotatable bonds is 13. The highest BCUT2D eigenvalue weighted by Gasteiger charge is 2.31. The van der Waals surface area contributed by atoms with Gasteiger partial charge in [-0.3, -0.25) is 10.0 Å². The number of phenolic OH excluding ortho intramolecular Hbond substituents is 1. The fourth-order valence-corrected chi connectivity index (χ4v) is 6.77. The van der Waals surface area contributed by atoms with Crippen LogP contribution in [-0.2, 0) is 21.1 Å². The van der Waals surface area contributed by atoms with Gasteiger partial charge in [-0.05, 0) is 61.6 Å². The Bertz CT molecular complexity index is 1170. The summed E-state index contributed by atoms with van der Waals surface area (Å²) in [5.74, 6) is -1.43. The van der Waals surface area contributed by atoms with Crippen molar-refractivity contribution < 1.29 is 23.5 Å². The Labute approximate surface area is 211 Å². The molecule has 8 heteroatoms. The predicted molar refractivity (Wildman–Crippen MR) is 138 cm³/mol. The van der Waals surface area contributed by atoms with Crippen molar-refractivity contribution in [1.82, 2.24) is 5.48 Å². The highest BCUT2D eigenvalue weighted by molar-refractivity contribution is 8.00. The second kappa shape index (κ2) is 13.3. The molecule has 3 rings (SSSR count). The van der Waals surface area contributed by atoms with Gasteiger partial charge >= 0.3 is 0 Å². The summed E-state index contributed by atoms with van der Waals surface area (Å²) >= 11 is 1.42. The third-order valence-corrected chi connectivity index (χ3v) is 9.00. The molecule has 0 spiro atoms. The zero-order valence-electron chi connectivity index (χ0n) is 19.4. The molecular formula is C27H31NO5S2. The fraction of sp³-hybridized carbons (Fsp3) is 0.296. The number of hydrogen-bond donors (Lipinski definition) is 3. The third kappa shape index (κ3) is 8.42. The van der Waals surface area contributed by atoms with E-state index in [4.69, 9.17) is 0 Å². The van der Waals surface area contributed by atoms with Crippen LogP contribution < -0.4 is 5.48 Å². The van der Waals surface area contributed by atoms with Crippen LogP contribution in [0.3, 0.4) is 0 Å². The van der Waals surface area contributed by atoms with Gasteiger partial charge in [0.25, 0.3) is 0 Å². The number of sulfone groups is 1. The van der Waals surface area contributed by atoms with Crippen molar-refractivity contribution in [2.24, 2.45) is 5.92 Å². The van der Waals surface area contributed by atoms with E-state index in [0.29, 0.717) is 6.42 Å². The largest absolute Gasteiger partial charge is 0.508 e. The van der Waals surface area contributed by atoms with E-state index >= 15 is 0 Å². The Hall–Kier alpha value is -2.81. The van der Waals surface area contributed by atoms with Gasteiger partial charge in [-0.15, -0.1) is 11.8 Å². The van der Waals surface area contributed by atoms with Crippen LogP contribution in [-0.4, -0.2) is 35.6 Å². The molecule has 0 saturated carbocycles. The molecule has 2 atom stereocenters. The minimum absolute atomic E-state index is 0.0682. The van der Waals surface area contributed by atoms with Crippen LogP contribution in [0.15, 0.2) is 94.7 Å². The average Bonchev–Trinajstić information content (AvgIpc) is 2.87. The molecule has 0 saturated heterocycles. The van der Waals surface area contributed by atoms with Crippen LogP contribution in [0.1, 0.15) is 31.2 Å². The quantitative estimate of drug-likeness (QED) is 0.125. The average molecular weight is 514 g/mol. The lowest BCUT2D eigenvalue weighted by molar-refractivity contribution is -0.133. The smallest absolute Gasteiger partial charge is 0.247 e.